The number of halogens is 1. The summed E-state index contributed by atoms with van der Waals surface area (Å²) in [5, 5.41) is 3.78. The van der Waals surface area contributed by atoms with E-state index in [0.29, 0.717) is 13.1 Å². The van der Waals surface area contributed by atoms with E-state index in [1.165, 1.54) is 11.1 Å². The number of nitrogens with one attached hydrogen (secondary N) is 1. The number of hydrogen-bond donors (Lipinski definition) is 1. The number of hydrogen-bond acceptors (Lipinski definition) is 1. The van der Waals surface area contributed by atoms with Crippen molar-refractivity contribution in [2.75, 3.05) is 11.9 Å². The topological polar surface area (TPSA) is 37.3 Å². The SMILES string of the molecule is CCCN(Cc1cccn1Cc1cccc(Cl)c1)C(=O)Nc1ccc(C)c(C)c1. The van der Waals surface area contributed by atoms with Gasteiger partial charge in [0.05, 0.1) is 6.54 Å². The number of amides is 2. The first-order valence-corrected chi connectivity index (χ1v) is 10.4. The number of benzene rings is 2. The second kappa shape index (κ2) is 9.66. The normalized spacial score (nSPS) is 10.8. The summed E-state index contributed by atoms with van der Waals surface area (Å²) in [5.41, 5.74) is 5.44. The van der Waals surface area contributed by atoms with Crippen LogP contribution < -0.4 is 5.32 Å². The molecule has 5 heteroatoms. The lowest BCUT2D eigenvalue weighted by Gasteiger charge is -2.24. The van der Waals surface area contributed by atoms with Gasteiger partial charge < -0.3 is 14.8 Å². The predicted molar refractivity (Wildman–Crippen MR) is 121 cm³/mol. The van der Waals surface area contributed by atoms with Crippen LogP contribution in [0.3, 0.4) is 0 Å². The van der Waals surface area contributed by atoms with Crippen molar-refractivity contribution in [3.8, 4) is 0 Å². The summed E-state index contributed by atoms with van der Waals surface area (Å²) in [6.07, 6.45) is 2.94. The third kappa shape index (κ3) is 5.64. The fourth-order valence-corrected chi connectivity index (χ4v) is 3.53. The summed E-state index contributed by atoms with van der Waals surface area (Å²) < 4.78 is 2.16. The number of nitrogens with zero attached hydrogens (tertiary/aromatic N) is 2. The Kier molecular flexibility index (Phi) is 6.99. The first kappa shape index (κ1) is 21.0. The van der Waals surface area contributed by atoms with E-state index in [0.717, 1.165) is 34.9 Å². The minimum Gasteiger partial charge on any atom is -0.345 e. The highest BCUT2D eigenvalue weighted by molar-refractivity contribution is 6.30. The van der Waals surface area contributed by atoms with Gasteiger partial charge in [-0.05, 0) is 73.4 Å². The van der Waals surface area contributed by atoms with Gasteiger partial charge in [-0.25, -0.2) is 4.79 Å². The van der Waals surface area contributed by atoms with Crippen molar-refractivity contribution < 1.29 is 4.79 Å². The number of carbonyl (C=O) groups excluding carboxylic acids is 1. The average Bonchev–Trinajstić information content (AvgIpc) is 3.11. The van der Waals surface area contributed by atoms with E-state index in [2.05, 4.69) is 42.8 Å². The molecule has 0 bridgehead atoms. The first-order valence-electron chi connectivity index (χ1n) is 9.98. The molecule has 4 nitrogen and oxygen atoms in total. The number of anilines is 1. The fourth-order valence-electron chi connectivity index (χ4n) is 3.32. The standard InChI is InChI=1S/C24H28ClN3O/c1-4-12-28(24(29)26-22-11-10-18(2)19(3)14-22)17-23-9-6-13-27(23)16-20-7-5-8-21(25)15-20/h5-11,13-15H,4,12,16-17H2,1-3H3,(H,26,29). The molecule has 0 spiro atoms. The largest absolute Gasteiger partial charge is 0.345 e. The van der Waals surface area contributed by atoms with Crippen molar-refractivity contribution in [2.45, 2.75) is 40.3 Å². The molecule has 3 rings (SSSR count). The highest BCUT2D eigenvalue weighted by Crippen LogP contribution is 2.17. The molecule has 29 heavy (non-hydrogen) atoms. The molecule has 152 valence electrons. The van der Waals surface area contributed by atoms with Gasteiger partial charge in [0.15, 0.2) is 0 Å². The molecule has 0 saturated carbocycles. The van der Waals surface area contributed by atoms with Gasteiger partial charge in [0, 0.05) is 35.7 Å². The molecule has 2 aromatic carbocycles. The molecule has 0 aliphatic carbocycles. The van der Waals surface area contributed by atoms with Crippen molar-refractivity contribution in [2.24, 2.45) is 0 Å². The third-order valence-corrected chi connectivity index (χ3v) is 5.29. The molecule has 1 aromatic heterocycles. The molecule has 0 unspecified atom stereocenters. The highest BCUT2D eigenvalue weighted by atomic mass is 35.5. The quantitative estimate of drug-likeness (QED) is 0.492. The Morgan fingerprint density at radius 1 is 1.07 bits per heavy atom. The molecule has 0 aliphatic rings. The summed E-state index contributed by atoms with van der Waals surface area (Å²) >= 11 is 6.12. The van der Waals surface area contributed by atoms with Gasteiger partial charge in [-0.15, -0.1) is 0 Å². The van der Waals surface area contributed by atoms with Crippen molar-refractivity contribution in [3.63, 3.8) is 0 Å². The maximum Gasteiger partial charge on any atom is 0.322 e. The zero-order valence-corrected chi connectivity index (χ0v) is 18.0. The van der Waals surface area contributed by atoms with Gasteiger partial charge in [-0.1, -0.05) is 36.7 Å². The zero-order valence-electron chi connectivity index (χ0n) is 17.3. The van der Waals surface area contributed by atoms with Crippen LogP contribution in [0.2, 0.25) is 5.02 Å². The van der Waals surface area contributed by atoms with Gasteiger partial charge in [0.1, 0.15) is 0 Å². The number of urea groups is 1. The minimum atomic E-state index is -0.0781. The molecular weight excluding hydrogens is 382 g/mol. The van der Waals surface area contributed by atoms with E-state index in [4.69, 9.17) is 11.6 Å². The molecule has 0 fully saturated rings. The molecule has 0 atom stereocenters. The summed E-state index contributed by atoms with van der Waals surface area (Å²) in [7, 11) is 0. The predicted octanol–water partition coefficient (Wildman–Crippen LogP) is 6.25. The Morgan fingerprint density at radius 3 is 2.62 bits per heavy atom. The van der Waals surface area contributed by atoms with E-state index < -0.39 is 0 Å². The Hall–Kier alpha value is -2.72. The monoisotopic (exact) mass is 409 g/mol. The number of aryl methyl sites for hydroxylation is 2. The number of aromatic nitrogens is 1. The first-order chi connectivity index (χ1) is 14.0. The second-order valence-electron chi connectivity index (χ2n) is 7.41. The van der Waals surface area contributed by atoms with Gasteiger partial charge in [0.2, 0.25) is 0 Å². The van der Waals surface area contributed by atoms with Crippen molar-refractivity contribution >= 4 is 23.3 Å². The van der Waals surface area contributed by atoms with Crippen LogP contribution in [0.1, 0.15) is 35.7 Å². The molecule has 1 N–H and O–H groups in total. The summed E-state index contributed by atoms with van der Waals surface area (Å²) in [4.78, 5) is 14.8. The van der Waals surface area contributed by atoms with Crippen LogP contribution in [-0.2, 0) is 13.1 Å². The van der Waals surface area contributed by atoms with E-state index in [-0.39, 0.29) is 6.03 Å². The highest BCUT2D eigenvalue weighted by Gasteiger charge is 2.15. The summed E-state index contributed by atoms with van der Waals surface area (Å²) in [6.45, 7) is 8.18. The maximum absolute atomic E-state index is 12.9. The van der Waals surface area contributed by atoms with E-state index in [1.807, 2.05) is 53.6 Å². The summed E-state index contributed by atoms with van der Waals surface area (Å²) in [5.74, 6) is 0. The lowest BCUT2D eigenvalue weighted by molar-refractivity contribution is 0.208. The Morgan fingerprint density at radius 2 is 1.90 bits per heavy atom. The minimum absolute atomic E-state index is 0.0781. The smallest absolute Gasteiger partial charge is 0.322 e. The van der Waals surface area contributed by atoms with Crippen molar-refractivity contribution in [3.05, 3.63) is 88.2 Å². The molecule has 0 aliphatic heterocycles. The maximum atomic E-state index is 12.9. The average molecular weight is 410 g/mol. The Labute approximate surface area is 178 Å². The summed E-state index contributed by atoms with van der Waals surface area (Å²) in [6, 6.07) is 17.9. The van der Waals surface area contributed by atoms with Crippen LogP contribution in [-0.4, -0.2) is 22.0 Å². The van der Waals surface area contributed by atoms with Crippen molar-refractivity contribution in [1.29, 1.82) is 0 Å². The van der Waals surface area contributed by atoms with Crippen LogP contribution in [0.5, 0.6) is 0 Å². The van der Waals surface area contributed by atoms with Gasteiger partial charge in [-0.3, -0.25) is 0 Å². The van der Waals surface area contributed by atoms with Gasteiger partial charge in [0.25, 0.3) is 0 Å². The van der Waals surface area contributed by atoms with Gasteiger partial charge in [-0.2, -0.15) is 0 Å². The van der Waals surface area contributed by atoms with E-state index in [1.54, 1.807) is 0 Å². The van der Waals surface area contributed by atoms with Crippen LogP contribution in [0, 0.1) is 13.8 Å². The van der Waals surface area contributed by atoms with Crippen LogP contribution in [0.4, 0.5) is 10.5 Å². The van der Waals surface area contributed by atoms with Crippen LogP contribution in [0.15, 0.2) is 60.8 Å². The molecule has 0 radical (unpaired) electrons. The second-order valence-corrected chi connectivity index (χ2v) is 7.84. The third-order valence-electron chi connectivity index (χ3n) is 5.06. The van der Waals surface area contributed by atoms with Crippen molar-refractivity contribution in [1.82, 2.24) is 9.47 Å². The van der Waals surface area contributed by atoms with E-state index >= 15 is 0 Å². The van der Waals surface area contributed by atoms with E-state index in [9.17, 15) is 4.79 Å². The zero-order chi connectivity index (χ0) is 20.8. The molecule has 1 heterocycles. The number of rotatable bonds is 7. The Bertz CT molecular complexity index is 980. The lowest BCUT2D eigenvalue weighted by Crippen LogP contribution is -2.35. The number of carbonyl (C=O) groups is 1. The van der Waals surface area contributed by atoms with Crippen LogP contribution >= 0.6 is 11.6 Å². The van der Waals surface area contributed by atoms with Crippen LogP contribution in [0.25, 0.3) is 0 Å². The molecule has 3 aromatic rings. The lowest BCUT2D eigenvalue weighted by atomic mass is 10.1. The van der Waals surface area contributed by atoms with Gasteiger partial charge >= 0.3 is 6.03 Å². The fraction of sp³-hybridized carbons (Fsp3) is 0.292. The Balaban J connectivity index is 1.72. The molecule has 0 saturated heterocycles. The molecule has 2 amide bonds. The molecular formula is C24H28ClN3O.